The minimum absolute atomic E-state index is 0.275. The molecule has 0 aliphatic heterocycles. The van der Waals surface area contributed by atoms with Gasteiger partial charge in [-0.3, -0.25) is 0 Å². The van der Waals surface area contributed by atoms with Crippen molar-refractivity contribution >= 4 is 45.7 Å². The molecule has 0 radical (unpaired) electrons. The number of carbonyl (C=O) groups is 1. The van der Waals surface area contributed by atoms with Gasteiger partial charge in [-0.2, -0.15) is 5.26 Å². The molecule has 0 amide bonds. The van der Waals surface area contributed by atoms with Crippen molar-refractivity contribution in [2.24, 2.45) is 0 Å². The zero-order valence-corrected chi connectivity index (χ0v) is 19.0. The van der Waals surface area contributed by atoms with Gasteiger partial charge in [0.2, 0.25) is 0 Å². The van der Waals surface area contributed by atoms with E-state index in [9.17, 15) is 19.6 Å². The lowest BCUT2D eigenvalue weighted by Crippen LogP contribution is -2.18. The molecule has 0 unspecified atom stereocenters. The number of nitrogens with one attached hydrogen (secondary N) is 1. The number of carboxylic acid groups (broad SMARTS) is 1. The number of halogens is 2. The Morgan fingerprint density at radius 1 is 1.15 bits per heavy atom. The van der Waals surface area contributed by atoms with Crippen LogP contribution in [0.2, 0.25) is 5.02 Å². The number of para-hydroxylation sites is 1. The summed E-state index contributed by atoms with van der Waals surface area (Å²) in [6.45, 7) is 1.97. The molecule has 3 aromatic carbocycles. The Kier molecular flexibility index (Phi) is 6.62. The summed E-state index contributed by atoms with van der Waals surface area (Å²) in [6.07, 6.45) is 2.98. The highest BCUT2D eigenvalue weighted by molar-refractivity contribution is 6.32. The van der Waals surface area contributed by atoms with Gasteiger partial charge >= 0.3 is 0 Å². The van der Waals surface area contributed by atoms with Gasteiger partial charge in [0.05, 0.1) is 22.2 Å². The van der Waals surface area contributed by atoms with Gasteiger partial charge in [0.25, 0.3) is 0 Å². The van der Waals surface area contributed by atoms with Crippen molar-refractivity contribution in [1.82, 2.24) is 4.98 Å². The zero-order valence-electron chi connectivity index (χ0n) is 18.2. The third-order valence-electron chi connectivity index (χ3n) is 5.59. The monoisotopic (exact) mass is 469 g/mol. The highest BCUT2D eigenvalue weighted by atomic mass is 35.5. The fourth-order valence-electron chi connectivity index (χ4n) is 4.08. The van der Waals surface area contributed by atoms with Crippen molar-refractivity contribution in [3.8, 4) is 6.07 Å². The maximum Gasteiger partial charge on any atom is 0.124 e. The quantitative estimate of drug-likeness (QED) is 0.279. The Morgan fingerprint density at radius 2 is 1.88 bits per heavy atom. The SMILES string of the molecule is CC/C(=C(/c1ccc(/C=C/C(=O)[O-])cc1)c1[nH]c2ccccc2c1C#N)c1ccc(F)cc1Cl. The van der Waals surface area contributed by atoms with Crippen LogP contribution in [0, 0.1) is 17.1 Å². The number of carbonyl (C=O) groups excluding carboxylic acids is 1. The molecule has 4 aromatic rings. The predicted octanol–water partition coefficient (Wildman–Crippen LogP) is 5.96. The fourth-order valence-corrected chi connectivity index (χ4v) is 4.36. The number of nitriles is 1. The molecule has 0 bridgehead atoms. The molecule has 4 rings (SSSR count). The predicted molar refractivity (Wildman–Crippen MR) is 131 cm³/mol. The molecule has 0 aliphatic carbocycles. The van der Waals surface area contributed by atoms with Crippen LogP contribution in [-0.4, -0.2) is 11.0 Å². The number of aromatic nitrogens is 1. The molecule has 0 fully saturated rings. The van der Waals surface area contributed by atoms with Gasteiger partial charge in [0.1, 0.15) is 11.9 Å². The summed E-state index contributed by atoms with van der Waals surface area (Å²) in [5, 5.41) is 21.9. The summed E-state index contributed by atoms with van der Waals surface area (Å²) in [5.41, 5.74) is 5.71. The molecule has 0 saturated heterocycles. The van der Waals surface area contributed by atoms with Crippen LogP contribution in [0.4, 0.5) is 4.39 Å². The van der Waals surface area contributed by atoms with Crippen LogP contribution in [0.25, 0.3) is 28.1 Å². The highest BCUT2D eigenvalue weighted by Gasteiger charge is 2.21. The van der Waals surface area contributed by atoms with E-state index >= 15 is 0 Å². The largest absolute Gasteiger partial charge is 0.545 e. The van der Waals surface area contributed by atoms with Crippen LogP contribution in [0.1, 0.15) is 41.3 Å². The van der Waals surface area contributed by atoms with Gasteiger partial charge in [0, 0.05) is 16.5 Å². The second-order valence-corrected chi connectivity index (χ2v) is 8.05. The Bertz CT molecular complexity index is 1490. The van der Waals surface area contributed by atoms with Gasteiger partial charge in [-0.05, 0) is 53.0 Å². The summed E-state index contributed by atoms with van der Waals surface area (Å²) in [4.78, 5) is 14.1. The van der Waals surface area contributed by atoms with E-state index in [-0.39, 0.29) is 5.02 Å². The van der Waals surface area contributed by atoms with Crippen molar-refractivity contribution in [2.45, 2.75) is 13.3 Å². The molecule has 0 atom stereocenters. The van der Waals surface area contributed by atoms with E-state index in [0.29, 0.717) is 28.8 Å². The van der Waals surface area contributed by atoms with E-state index in [4.69, 9.17) is 11.6 Å². The van der Waals surface area contributed by atoms with Crippen molar-refractivity contribution in [2.75, 3.05) is 0 Å². The number of hydrogen-bond acceptors (Lipinski definition) is 3. The molecule has 0 aliphatic rings. The maximum atomic E-state index is 13.8. The third kappa shape index (κ3) is 4.50. The number of rotatable bonds is 6. The number of carboxylic acids is 1. The number of fused-ring (bicyclic) bond motifs is 1. The Balaban J connectivity index is 2.02. The van der Waals surface area contributed by atoms with E-state index in [1.54, 1.807) is 18.2 Å². The zero-order chi connectivity index (χ0) is 24.2. The maximum absolute atomic E-state index is 13.8. The van der Waals surface area contributed by atoms with Crippen LogP contribution >= 0.6 is 11.6 Å². The molecule has 1 heterocycles. The van der Waals surface area contributed by atoms with Crippen molar-refractivity contribution in [1.29, 1.82) is 5.26 Å². The Hall–Kier alpha value is -4.14. The second-order valence-electron chi connectivity index (χ2n) is 7.64. The Morgan fingerprint density at radius 3 is 2.53 bits per heavy atom. The number of allylic oxidation sites excluding steroid dienone is 1. The number of nitrogens with zero attached hydrogens (tertiary/aromatic N) is 1. The van der Waals surface area contributed by atoms with Crippen molar-refractivity contribution in [3.63, 3.8) is 0 Å². The summed E-state index contributed by atoms with van der Waals surface area (Å²) in [6, 6.07) is 21.4. The number of H-pyrrole nitrogens is 1. The molecule has 34 heavy (non-hydrogen) atoms. The molecule has 6 heteroatoms. The highest BCUT2D eigenvalue weighted by Crippen LogP contribution is 2.39. The first kappa shape index (κ1) is 23.0. The number of aromatic amines is 1. The number of aliphatic carboxylic acids is 1. The standard InChI is InChI=1S/C28H20ClFN2O2/c1-2-20(21-13-12-19(30)15-24(21)29)27(18-10-7-17(8-11-18)9-14-26(33)34)28-23(16-31)22-5-3-4-6-25(22)32-28/h3-15,32H,2H2,1H3,(H,33,34)/p-1/b14-9+,27-20+. The van der Waals surface area contributed by atoms with Gasteiger partial charge in [-0.1, -0.05) is 73.1 Å². The van der Waals surface area contributed by atoms with Crippen LogP contribution < -0.4 is 5.11 Å². The van der Waals surface area contributed by atoms with E-state index in [2.05, 4.69) is 11.1 Å². The first-order chi connectivity index (χ1) is 16.4. The topological polar surface area (TPSA) is 79.7 Å². The second kappa shape index (κ2) is 9.78. The van der Waals surface area contributed by atoms with Crippen molar-refractivity contribution in [3.05, 3.63) is 112 Å². The molecule has 1 aromatic heterocycles. The summed E-state index contributed by atoms with van der Waals surface area (Å²) in [7, 11) is 0. The molecular formula is C28H19ClFN2O2-. The molecule has 0 spiro atoms. The third-order valence-corrected chi connectivity index (χ3v) is 5.90. The van der Waals surface area contributed by atoms with Crippen LogP contribution in [0.15, 0.2) is 72.8 Å². The smallest absolute Gasteiger partial charge is 0.124 e. The van der Waals surface area contributed by atoms with Crippen molar-refractivity contribution < 1.29 is 14.3 Å². The first-order valence-corrected chi connectivity index (χ1v) is 11.0. The first-order valence-electron chi connectivity index (χ1n) is 10.6. The molecule has 168 valence electrons. The average Bonchev–Trinajstić information content (AvgIpc) is 3.20. The Labute approximate surface area is 201 Å². The fraction of sp³-hybridized carbons (Fsp3) is 0.0714. The molecule has 4 nitrogen and oxygen atoms in total. The molecule has 0 saturated carbocycles. The number of benzene rings is 3. The molecular weight excluding hydrogens is 451 g/mol. The summed E-state index contributed by atoms with van der Waals surface area (Å²) < 4.78 is 13.8. The van der Waals surface area contributed by atoms with E-state index in [1.807, 2.05) is 43.3 Å². The summed E-state index contributed by atoms with van der Waals surface area (Å²) in [5.74, 6) is -1.71. The van der Waals surface area contributed by atoms with Crippen LogP contribution in [0.5, 0.6) is 0 Å². The minimum Gasteiger partial charge on any atom is -0.545 e. The van der Waals surface area contributed by atoms with Gasteiger partial charge in [-0.25, -0.2) is 4.39 Å². The lowest BCUT2D eigenvalue weighted by atomic mass is 9.89. The molecule has 1 N–H and O–H groups in total. The van der Waals surface area contributed by atoms with E-state index in [0.717, 1.165) is 33.7 Å². The van der Waals surface area contributed by atoms with Gasteiger partial charge in [-0.15, -0.1) is 0 Å². The lowest BCUT2D eigenvalue weighted by molar-refractivity contribution is -0.297. The van der Waals surface area contributed by atoms with Gasteiger partial charge < -0.3 is 14.9 Å². The summed E-state index contributed by atoms with van der Waals surface area (Å²) >= 11 is 6.45. The van der Waals surface area contributed by atoms with Crippen LogP contribution in [0.3, 0.4) is 0 Å². The van der Waals surface area contributed by atoms with E-state index in [1.165, 1.54) is 18.2 Å². The minimum atomic E-state index is -1.28. The number of hydrogen-bond donors (Lipinski definition) is 1. The average molecular weight is 470 g/mol. The van der Waals surface area contributed by atoms with Crippen LogP contribution in [-0.2, 0) is 4.79 Å². The normalized spacial score (nSPS) is 12.1. The van der Waals surface area contributed by atoms with Gasteiger partial charge in [0.15, 0.2) is 0 Å². The van der Waals surface area contributed by atoms with E-state index < -0.39 is 11.8 Å². The lowest BCUT2D eigenvalue weighted by Gasteiger charge is -2.17.